The van der Waals surface area contributed by atoms with Crippen LogP contribution in [0.1, 0.15) is 72.8 Å². The molecule has 6 heteroatoms. The highest BCUT2D eigenvalue weighted by Crippen LogP contribution is 2.34. The summed E-state index contributed by atoms with van der Waals surface area (Å²) in [6.45, 7) is 5.73. The smallest absolute Gasteiger partial charge is 0.254 e. The highest BCUT2D eigenvalue weighted by Gasteiger charge is 2.34. The van der Waals surface area contributed by atoms with Crippen molar-refractivity contribution in [3.05, 3.63) is 95.1 Å². The largest absolute Gasteiger partial charge is 0.348 e. The summed E-state index contributed by atoms with van der Waals surface area (Å²) >= 11 is 0. The molecule has 0 fully saturated rings. The molecule has 1 atom stereocenters. The Hall–Kier alpha value is -3.41. The molecule has 2 aromatic carbocycles. The van der Waals surface area contributed by atoms with Crippen LogP contribution < -0.4 is 0 Å². The number of aryl methyl sites for hydroxylation is 1. The molecule has 0 spiro atoms. The average molecular weight is 490 g/mol. The number of halogens is 1. The van der Waals surface area contributed by atoms with Gasteiger partial charge in [-0.15, -0.1) is 0 Å². The van der Waals surface area contributed by atoms with E-state index in [0.717, 1.165) is 25.0 Å². The normalized spacial score (nSPS) is 15.0. The second-order valence-electron chi connectivity index (χ2n) is 9.52. The number of nitrogens with zero attached hydrogens (tertiary/aromatic N) is 3. The molecule has 0 bridgehead atoms. The van der Waals surface area contributed by atoms with Crippen molar-refractivity contribution >= 4 is 11.8 Å². The molecule has 1 unspecified atom stereocenters. The number of carbonyl (C=O) groups excluding carboxylic acids is 2. The molecule has 2 heterocycles. The van der Waals surface area contributed by atoms with Crippen molar-refractivity contribution in [1.29, 1.82) is 0 Å². The minimum atomic E-state index is -0.525. The first-order valence-corrected chi connectivity index (χ1v) is 13.1. The summed E-state index contributed by atoms with van der Waals surface area (Å²) in [5, 5.41) is 0. The van der Waals surface area contributed by atoms with Gasteiger partial charge >= 0.3 is 0 Å². The molecule has 36 heavy (non-hydrogen) atoms. The van der Waals surface area contributed by atoms with Crippen LogP contribution in [0.25, 0.3) is 0 Å². The Bertz CT molecular complexity index is 1170. The summed E-state index contributed by atoms with van der Waals surface area (Å²) in [6.07, 6.45) is 7.23. The van der Waals surface area contributed by atoms with Gasteiger partial charge in [0.05, 0.1) is 0 Å². The lowest BCUT2D eigenvalue weighted by Gasteiger charge is -2.38. The van der Waals surface area contributed by atoms with E-state index >= 15 is 0 Å². The summed E-state index contributed by atoms with van der Waals surface area (Å²) < 4.78 is 16.9. The monoisotopic (exact) mass is 489 g/mol. The number of benzene rings is 2. The number of unbranched alkanes of at least 4 members (excludes halogenated alkanes) is 2. The molecular weight excluding hydrogens is 453 g/mol. The van der Waals surface area contributed by atoms with Crippen LogP contribution in [0.2, 0.25) is 0 Å². The summed E-state index contributed by atoms with van der Waals surface area (Å²) in [6, 6.07) is 17.7. The van der Waals surface area contributed by atoms with Gasteiger partial charge in [0, 0.05) is 42.7 Å². The summed E-state index contributed by atoms with van der Waals surface area (Å²) in [7, 11) is 0. The molecule has 5 nitrogen and oxygen atoms in total. The third kappa shape index (κ3) is 5.69. The maximum absolute atomic E-state index is 14.9. The lowest BCUT2D eigenvalue weighted by Crippen LogP contribution is -2.48. The van der Waals surface area contributed by atoms with E-state index in [1.54, 1.807) is 28.0 Å². The van der Waals surface area contributed by atoms with Crippen LogP contribution in [-0.4, -0.2) is 45.8 Å². The van der Waals surface area contributed by atoms with E-state index in [-0.39, 0.29) is 24.2 Å². The Morgan fingerprint density at radius 3 is 2.44 bits per heavy atom. The van der Waals surface area contributed by atoms with Gasteiger partial charge in [-0.25, -0.2) is 4.39 Å². The molecule has 0 aliphatic carbocycles. The fourth-order valence-electron chi connectivity index (χ4n) is 5.03. The Kier molecular flexibility index (Phi) is 8.57. The third-order valence-electron chi connectivity index (χ3n) is 6.94. The molecule has 4 rings (SSSR count). The van der Waals surface area contributed by atoms with Gasteiger partial charge < -0.3 is 14.4 Å². The van der Waals surface area contributed by atoms with E-state index in [1.807, 2.05) is 49.5 Å². The van der Waals surface area contributed by atoms with Crippen LogP contribution in [0.5, 0.6) is 0 Å². The molecule has 190 valence electrons. The molecule has 3 aromatic rings. The molecule has 1 aliphatic rings. The van der Waals surface area contributed by atoms with Crippen molar-refractivity contribution in [3.8, 4) is 0 Å². The Morgan fingerprint density at radius 1 is 0.944 bits per heavy atom. The third-order valence-corrected chi connectivity index (χ3v) is 6.94. The zero-order valence-corrected chi connectivity index (χ0v) is 21.3. The van der Waals surface area contributed by atoms with Gasteiger partial charge in [0.2, 0.25) is 5.91 Å². The Labute approximate surface area is 213 Å². The predicted molar refractivity (Wildman–Crippen MR) is 140 cm³/mol. The van der Waals surface area contributed by atoms with Crippen molar-refractivity contribution in [2.45, 2.75) is 58.5 Å². The molecule has 0 N–H and O–H groups in total. The standard InChI is InChI=1S/C30H36FN3O2/c1-3-5-6-10-23-14-16-24(17-15-23)30(36)33(18-4-2)22-28(35)34-21-20-32-19-9-13-27(32)29(34)25-11-7-8-12-26(25)31/h7-9,11-17,19,29H,3-6,10,18,20-22H2,1-2H3. The van der Waals surface area contributed by atoms with Gasteiger partial charge in [-0.05, 0) is 55.2 Å². The molecule has 2 amide bonds. The molecule has 1 aliphatic heterocycles. The first kappa shape index (κ1) is 25.7. The maximum Gasteiger partial charge on any atom is 0.254 e. The number of hydrogen-bond acceptors (Lipinski definition) is 2. The first-order chi connectivity index (χ1) is 17.5. The van der Waals surface area contributed by atoms with E-state index in [1.165, 1.54) is 24.5 Å². The number of aromatic nitrogens is 1. The fraction of sp³-hybridized carbons (Fsp3) is 0.400. The van der Waals surface area contributed by atoms with Crippen LogP contribution in [0, 0.1) is 5.82 Å². The van der Waals surface area contributed by atoms with Crippen LogP contribution in [0.15, 0.2) is 66.9 Å². The SMILES string of the molecule is CCCCCc1ccc(C(=O)N(CCC)CC(=O)N2CCn3cccc3C2c2ccccc2F)cc1. The topological polar surface area (TPSA) is 45.6 Å². The minimum absolute atomic E-state index is 0.0312. The molecular formula is C30H36FN3O2. The summed E-state index contributed by atoms with van der Waals surface area (Å²) in [5.41, 5.74) is 3.17. The number of amides is 2. The summed E-state index contributed by atoms with van der Waals surface area (Å²) in [5.74, 6) is -0.655. The van der Waals surface area contributed by atoms with Crippen LogP contribution >= 0.6 is 0 Å². The molecule has 1 aromatic heterocycles. The van der Waals surface area contributed by atoms with E-state index in [9.17, 15) is 14.0 Å². The van der Waals surface area contributed by atoms with Crippen molar-refractivity contribution < 1.29 is 14.0 Å². The number of hydrogen-bond donors (Lipinski definition) is 0. The van der Waals surface area contributed by atoms with E-state index < -0.39 is 6.04 Å². The van der Waals surface area contributed by atoms with Crippen LogP contribution in [-0.2, 0) is 17.8 Å². The van der Waals surface area contributed by atoms with Gasteiger partial charge in [-0.1, -0.05) is 57.0 Å². The highest BCUT2D eigenvalue weighted by atomic mass is 19.1. The second-order valence-corrected chi connectivity index (χ2v) is 9.52. The van der Waals surface area contributed by atoms with Crippen molar-refractivity contribution in [2.24, 2.45) is 0 Å². The first-order valence-electron chi connectivity index (χ1n) is 13.1. The number of fused-ring (bicyclic) bond motifs is 1. The van der Waals surface area contributed by atoms with E-state index in [0.29, 0.717) is 30.8 Å². The van der Waals surface area contributed by atoms with Gasteiger partial charge in [0.25, 0.3) is 5.91 Å². The summed E-state index contributed by atoms with van der Waals surface area (Å²) in [4.78, 5) is 30.4. The van der Waals surface area contributed by atoms with Crippen molar-refractivity contribution in [3.63, 3.8) is 0 Å². The van der Waals surface area contributed by atoms with Gasteiger partial charge in [-0.3, -0.25) is 9.59 Å². The molecule has 0 saturated heterocycles. The zero-order chi connectivity index (χ0) is 25.5. The predicted octanol–water partition coefficient (Wildman–Crippen LogP) is 5.84. The molecule has 0 radical (unpaired) electrons. The Balaban J connectivity index is 1.53. The zero-order valence-electron chi connectivity index (χ0n) is 21.3. The Morgan fingerprint density at radius 2 is 1.72 bits per heavy atom. The van der Waals surface area contributed by atoms with E-state index in [4.69, 9.17) is 0 Å². The van der Waals surface area contributed by atoms with Crippen LogP contribution in [0.4, 0.5) is 4.39 Å². The number of carbonyl (C=O) groups is 2. The lowest BCUT2D eigenvalue weighted by molar-refractivity contribution is -0.134. The average Bonchev–Trinajstić information content (AvgIpc) is 3.37. The van der Waals surface area contributed by atoms with Gasteiger partial charge in [0.15, 0.2) is 0 Å². The maximum atomic E-state index is 14.9. The second kappa shape index (κ2) is 12.0. The van der Waals surface area contributed by atoms with Crippen LogP contribution in [0.3, 0.4) is 0 Å². The lowest BCUT2D eigenvalue weighted by atomic mass is 9.99. The van der Waals surface area contributed by atoms with E-state index in [2.05, 4.69) is 11.5 Å². The highest BCUT2D eigenvalue weighted by molar-refractivity contribution is 5.96. The van der Waals surface area contributed by atoms with Crippen molar-refractivity contribution in [2.75, 3.05) is 19.6 Å². The fourth-order valence-corrected chi connectivity index (χ4v) is 5.03. The minimum Gasteiger partial charge on any atom is -0.348 e. The quantitative estimate of drug-likeness (QED) is 0.336. The van der Waals surface area contributed by atoms with Gasteiger partial charge in [0.1, 0.15) is 18.4 Å². The molecule has 0 saturated carbocycles. The number of rotatable bonds is 10. The van der Waals surface area contributed by atoms with Crippen molar-refractivity contribution in [1.82, 2.24) is 14.4 Å². The van der Waals surface area contributed by atoms with Gasteiger partial charge in [-0.2, -0.15) is 0 Å².